The van der Waals surface area contributed by atoms with E-state index in [0.29, 0.717) is 0 Å². The summed E-state index contributed by atoms with van der Waals surface area (Å²) in [5.41, 5.74) is 0. The van der Waals surface area contributed by atoms with Gasteiger partial charge in [0.25, 0.3) is 5.12 Å². The molecule has 0 aromatic heterocycles. The Morgan fingerprint density at radius 2 is 2.12 bits per heavy atom. The molecule has 0 aromatic carbocycles. The van der Waals surface area contributed by atoms with Crippen LogP contribution in [0.2, 0.25) is 0 Å². The molecule has 4 heteroatoms. The quantitative estimate of drug-likeness (QED) is 0.295. The fourth-order valence-electron chi connectivity index (χ4n) is 0.108. The third-order valence-corrected chi connectivity index (χ3v) is 0.485. The summed E-state index contributed by atoms with van der Waals surface area (Å²) in [6.07, 6.45) is 0. The van der Waals surface area contributed by atoms with E-state index in [1.54, 1.807) is 0 Å². The van der Waals surface area contributed by atoms with E-state index in [2.05, 4.69) is 12.6 Å². The van der Waals surface area contributed by atoms with Gasteiger partial charge in [-0.3, -0.25) is 10.2 Å². The lowest BCUT2D eigenvalue weighted by molar-refractivity contribution is -0.106. The molecule has 0 amide bonds. The average molecular weight is 148 g/mol. The minimum absolute atomic E-state index is 0.354. The van der Waals surface area contributed by atoms with Gasteiger partial charge in [0.15, 0.2) is 5.17 Å². The highest BCUT2D eigenvalue weighted by Gasteiger charge is 1.80. The van der Waals surface area contributed by atoms with Crippen molar-refractivity contribution in [3.8, 4) is 11.8 Å². The zero-order valence-corrected chi connectivity index (χ0v) is 5.38. The summed E-state index contributed by atoms with van der Waals surface area (Å²) in [7, 11) is 0. The maximum absolute atomic E-state index is 9.88. The van der Waals surface area contributed by atoms with Gasteiger partial charge in [0, 0.05) is 0 Å². The molecule has 0 radical (unpaired) electrons. The molecule has 0 atom stereocenters. The second-order valence-electron chi connectivity index (χ2n) is 0.869. The van der Waals surface area contributed by atoms with Crippen LogP contribution in [0, 0.1) is 17.3 Å². The van der Waals surface area contributed by atoms with Gasteiger partial charge < -0.3 is 0 Å². The Labute approximate surface area is 57.1 Å². The Morgan fingerprint density at radius 3 is 2.25 bits per heavy atom. The molecule has 0 aliphatic carbocycles. The Morgan fingerprint density at radius 1 is 1.62 bits per heavy atom. The molecule has 0 fully saturated rings. The molecular weight excluding hydrogens is 146 g/mol. The molecule has 0 aliphatic rings. The van der Waals surface area contributed by atoms with E-state index in [9.17, 15) is 4.79 Å². The lowest BCUT2D eigenvalue weighted by Crippen LogP contribution is -1.79. The van der Waals surface area contributed by atoms with Gasteiger partial charge in [-0.05, 0) is 11.8 Å². The van der Waals surface area contributed by atoms with Crippen molar-refractivity contribution in [1.82, 2.24) is 0 Å². The summed E-state index contributed by atoms with van der Waals surface area (Å²) in [6.45, 7) is 0. The molecule has 0 unspecified atom stereocenters. The first-order valence-electron chi connectivity index (χ1n) is 1.62. The highest BCUT2D eigenvalue weighted by molar-refractivity contribution is 7.97. The topological polar surface area (TPSA) is 40.9 Å². The number of carbonyl (C=O) groups excluding carboxylic acids is 1. The molecule has 1 N–H and O–H groups in total. The number of halogens is 1. The van der Waals surface area contributed by atoms with Crippen molar-refractivity contribution < 1.29 is 4.79 Å². The normalized spacial score (nSPS) is 6.75. The van der Waals surface area contributed by atoms with Gasteiger partial charge in [0.2, 0.25) is 0 Å². The second kappa shape index (κ2) is 3.53. The summed E-state index contributed by atoms with van der Waals surface area (Å²) >= 11 is 8.25. The summed E-state index contributed by atoms with van der Waals surface area (Å²) in [5.74, 6) is 3.98. The Kier molecular flexibility index (Phi) is 3.33. The average Bonchev–Trinajstić information content (AvgIpc) is 1.61. The highest BCUT2D eigenvalue weighted by atomic mass is 35.5. The molecule has 0 heterocycles. The summed E-state index contributed by atoms with van der Waals surface area (Å²) in [6, 6.07) is 0. The molecule has 0 aliphatic heterocycles. The van der Waals surface area contributed by atoms with Gasteiger partial charge in [-0.15, -0.1) is 0 Å². The van der Waals surface area contributed by atoms with Crippen LogP contribution in [0.1, 0.15) is 0 Å². The van der Waals surface area contributed by atoms with Gasteiger partial charge in [-0.25, -0.2) is 0 Å². The van der Waals surface area contributed by atoms with Crippen LogP contribution in [0.25, 0.3) is 0 Å². The molecule has 0 spiro atoms. The third kappa shape index (κ3) is 5.54. The lowest BCUT2D eigenvalue weighted by Gasteiger charge is -1.68. The van der Waals surface area contributed by atoms with Crippen molar-refractivity contribution in [2.24, 2.45) is 0 Å². The first-order chi connectivity index (χ1) is 3.63. The first-order valence-corrected chi connectivity index (χ1v) is 2.44. The van der Waals surface area contributed by atoms with Crippen molar-refractivity contribution >= 4 is 34.5 Å². The predicted octanol–water partition coefficient (Wildman–Crippen LogP) is 0.662. The molecule has 2 nitrogen and oxygen atoms in total. The minimum Gasteiger partial charge on any atom is -0.282 e. The number of hydrogen-bond acceptors (Lipinski definition) is 2. The van der Waals surface area contributed by atoms with E-state index >= 15 is 0 Å². The summed E-state index contributed by atoms with van der Waals surface area (Å²) in [4.78, 5) is 9.88. The maximum atomic E-state index is 9.88. The zero-order valence-electron chi connectivity index (χ0n) is 3.73. The molecule has 0 saturated carbocycles. The summed E-state index contributed by atoms with van der Waals surface area (Å²) in [5, 5.41) is 5.55. The zero-order chi connectivity index (χ0) is 6.57. The van der Waals surface area contributed by atoms with Crippen molar-refractivity contribution in [2.75, 3.05) is 0 Å². The van der Waals surface area contributed by atoms with Gasteiger partial charge >= 0.3 is 0 Å². The molecular formula is C4H2ClNOS. The highest BCUT2D eigenvalue weighted by Crippen LogP contribution is 1.77. The molecule has 0 saturated heterocycles. The van der Waals surface area contributed by atoms with Gasteiger partial charge in [-0.1, -0.05) is 24.2 Å². The van der Waals surface area contributed by atoms with E-state index in [1.807, 2.05) is 11.8 Å². The fourth-order valence-corrected chi connectivity index (χ4v) is 0.211. The largest absolute Gasteiger partial charge is 0.282 e. The van der Waals surface area contributed by atoms with Crippen LogP contribution in [0.5, 0.6) is 0 Å². The predicted molar refractivity (Wildman–Crippen MR) is 35.3 cm³/mol. The number of hydrogen-bond donors (Lipinski definition) is 2. The number of nitrogens with one attached hydrogen (secondary N) is 1. The van der Waals surface area contributed by atoms with E-state index in [1.165, 1.54) is 0 Å². The van der Waals surface area contributed by atoms with Crippen LogP contribution in [0.4, 0.5) is 0 Å². The molecule has 42 valence electrons. The molecule has 0 aromatic rings. The number of carbonyl (C=O) groups is 1. The Balaban J connectivity index is 3.87. The van der Waals surface area contributed by atoms with Gasteiger partial charge in [0.05, 0.1) is 0 Å². The van der Waals surface area contributed by atoms with Crippen LogP contribution >= 0.6 is 24.2 Å². The van der Waals surface area contributed by atoms with Crippen molar-refractivity contribution in [2.45, 2.75) is 0 Å². The Bertz CT molecular complexity index is 160. The molecule has 0 rings (SSSR count). The number of thiol groups is 1. The van der Waals surface area contributed by atoms with Crippen molar-refractivity contribution in [3.05, 3.63) is 0 Å². The minimum atomic E-state index is -0.588. The fraction of sp³-hybridized carbons (Fsp3) is 0. The second-order valence-corrected chi connectivity index (χ2v) is 1.65. The number of rotatable bonds is 0. The van der Waals surface area contributed by atoms with Gasteiger partial charge in [-0.2, -0.15) is 0 Å². The van der Waals surface area contributed by atoms with Crippen molar-refractivity contribution in [3.63, 3.8) is 0 Å². The third-order valence-electron chi connectivity index (χ3n) is 0.279. The van der Waals surface area contributed by atoms with Crippen LogP contribution < -0.4 is 0 Å². The molecule has 8 heavy (non-hydrogen) atoms. The standard InChI is InChI=1S/C4H2ClNOS/c5-3(6)1-2-4(7)8/h6H,(H,7,8). The van der Waals surface area contributed by atoms with Crippen LogP contribution in [0.3, 0.4) is 0 Å². The lowest BCUT2D eigenvalue weighted by atomic mass is 10.6. The van der Waals surface area contributed by atoms with Gasteiger partial charge in [0.1, 0.15) is 0 Å². The first kappa shape index (κ1) is 7.54. The molecule has 0 bridgehead atoms. The van der Waals surface area contributed by atoms with Crippen LogP contribution in [-0.2, 0) is 4.79 Å². The van der Waals surface area contributed by atoms with E-state index in [0.717, 1.165) is 0 Å². The van der Waals surface area contributed by atoms with E-state index < -0.39 is 5.12 Å². The SMILES string of the molecule is N=C(Cl)C#CC(=O)S. The smallest absolute Gasteiger partial charge is 0.260 e. The van der Waals surface area contributed by atoms with Crippen LogP contribution in [0.15, 0.2) is 0 Å². The van der Waals surface area contributed by atoms with E-state index in [4.69, 9.17) is 17.0 Å². The monoisotopic (exact) mass is 147 g/mol. The van der Waals surface area contributed by atoms with Crippen LogP contribution in [-0.4, -0.2) is 10.3 Å². The Hall–Kier alpha value is -0.460. The van der Waals surface area contributed by atoms with Crippen molar-refractivity contribution in [1.29, 1.82) is 5.41 Å². The summed E-state index contributed by atoms with van der Waals surface area (Å²) < 4.78 is 0. The van der Waals surface area contributed by atoms with E-state index in [-0.39, 0.29) is 5.17 Å². The maximum Gasteiger partial charge on any atom is 0.260 e.